The van der Waals surface area contributed by atoms with Crippen LogP contribution in [-0.2, 0) is 0 Å². The molecule has 0 aliphatic heterocycles. The van der Waals surface area contributed by atoms with E-state index in [1.807, 2.05) is 0 Å². The van der Waals surface area contributed by atoms with Crippen LogP contribution in [0.5, 0.6) is 0 Å². The van der Waals surface area contributed by atoms with Crippen molar-refractivity contribution in [2.45, 2.75) is 19.5 Å². The Kier molecular flexibility index (Phi) is 4.73. The van der Waals surface area contributed by atoms with Gasteiger partial charge in [-0.1, -0.05) is 0 Å². The predicted octanol–water partition coefficient (Wildman–Crippen LogP) is 1.94. The zero-order chi connectivity index (χ0) is 11.4. The Labute approximate surface area is 81.5 Å². The average molecular weight is 212 g/mol. The summed E-state index contributed by atoms with van der Waals surface area (Å²) >= 11 is 0. The van der Waals surface area contributed by atoms with Crippen molar-refractivity contribution in [3.8, 4) is 0 Å². The van der Waals surface area contributed by atoms with E-state index in [-0.39, 0.29) is 6.54 Å². The van der Waals surface area contributed by atoms with Gasteiger partial charge in [-0.25, -0.2) is 4.79 Å². The third-order valence-electron chi connectivity index (χ3n) is 1.86. The van der Waals surface area contributed by atoms with Gasteiger partial charge in [0.05, 0.1) is 6.42 Å². The minimum Gasteiger partial charge on any atom is -0.328 e. The van der Waals surface area contributed by atoms with Crippen molar-refractivity contribution < 1.29 is 18.0 Å². The van der Waals surface area contributed by atoms with Crippen molar-refractivity contribution in [2.75, 3.05) is 27.2 Å². The largest absolute Gasteiger partial charge is 0.390 e. The molecule has 0 fully saturated rings. The fourth-order valence-electron chi connectivity index (χ4n) is 0.817. The molecule has 0 spiro atoms. The second-order valence-corrected chi connectivity index (χ2v) is 3.08. The van der Waals surface area contributed by atoms with Crippen molar-refractivity contribution >= 4 is 6.03 Å². The Morgan fingerprint density at radius 3 is 2.07 bits per heavy atom. The lowest BCUT2D eigenvalue weighted by molar-refractivity contribution is -0.136. The molecule has 0 saturated carbocycles. The van der Waals surface area contributed by atoms with Gasteiger partial charge >= 0.3 is 12.2 Å². The van der Waals surface area contributed by atoms with Gasteiger partial charge in [-0.3, -0.25) is 0 Å². The fraction of sp³-hybridized carbons (Fsp3) is 0.875. The third-order valence-corrected chi connectivity index (χ3v) is 1.86. The lowest BCUT2D eigenvalue weighted by atomic mass is 10.4. The SMILES string of the molecule is CCN(C)C(=O)N(C)CCC(F)(F)F. The molecule has 0 aromatic carbocycles. The number of hydrogen-bond donors (Lipinski definition) is 0. The first-order valence-electron chi connectivity index (χ1n) is 4.31. The quantitative estimate of drug-likeness (QED) is 0.701. The highest BCUT2D eigenvalue weighted by atomic mass is 19.4. The van der Waals surface area contributed by atoms with Crippen molar-refractivity contribution in [1.82, 2.24) is 9.80 Å². The van der Waals surface area contributed by atoms with E-state index in [1.165, 1.54) is 11.9 Å². The molecule has 14 heavy (non-hydrogen) atoms. The molecular weight excluding hydrogens is 197 g/mol. The second-order valence-electron chi connectivity index (χ2n) is 3.08. The lowest BCUT2D eigenvalue weighted by Gasteiger charge is -2.24. The molecule has 0 rings (SSSR count). The highest BCUT2D eigenvalue weighted by Crippen LogP contribution is 2.19. The molecule has 0 saturated heterocycles. The summed E-state index contributed by atoms with van der Waals surface area (Å²) in [5, 5.41) is 0. The van der Waals surface area contributed by atoms with Gasteiger partial charge in [0, 0.05) is 27.2 Å². The molecule has 0 unspecified atom stereocenters. The van der Waals surface area contributed by atoms with E-state index >= 15 is 0 Å². The van der Waals surface area contributed by atoms with E-state index in [0.29, 0.717) is 6.54 Å². The summed E-state index contributed by atoms with van der Waals surface area (Å²) in [6.45, 7) is 1.94. The maximum absolute atomic E-state index is 11.8. The smallest absolute Gasteiger partial charge is 0.328 e. The van der Waals surface area contributed by atoms with Gasteiger partial charge in [0.25, 0.3) is 0 Å². The van der Waals surface area contributed by atoms with Gasteiger partial charge < -0.3 is 9.80 Å². The predicted molar refractivity (Wildman–Crippen MR) is 47.0 cm³/mol. The molecule has 2 amide bonds. The van der Waals surface area contributed by atoms with E-state index in [0.717, 1.165) is 4.90 Å². The Balaban J connectivity index is 3.97. The number of rotatable bonds is 3. The van der Waals surface area contributed by atoms with Crippen molar-refractivity contribution in [2.24, 2.45) is 0 Å². The number of halogens is 3. The number of amides is 2. The summed E-state index contributed by atoms with van der Waals surface area (Å²) in [4.78, 5) is 13.7. The summed E-state index contributed by atoms with van der Waals surface area (Å²) < 4.78 is 35.4. The monoisotopic (exact) mass is 212 g/mol. The first-order valence-corrected chi connectivity index (χ1v) is 4.31. The molecule has 0 atom stereocenters. The minimum atomic E-state index is -4.21. The third kappa shape index (κ3) is 4.94. The van der Waals surface area contributed by atoms with E-state index in [1.54, 1.807) is 14.0 Å². The molecule has 6 heteroatoms. The molecule has 84 valence electrons. The van der Waals surface area contributed by atoms with E-state index in [9.17, 15) is 18.0 Å². The van der Waals surface area contributed by atoms with Gasteiger partial charge in [0.15, 0.2) is 0 Å². The maximum atomic E-state index is 11.8. The average Bonchev–Trinajstić information content (AvgIpc) is 2.10. The number of nitrogens with zero attached hydrogens (tertiary/aromatic N) is 2. The molecule has 0 radical (unpaired) electrons. The van der Waals surface area contributed by atoms with Crippen molar-refractivity contribution in [3.63, 3.8) is 0 Å². The van der Waals surface area contributed by atoms with Crippen LogP contribution in [0.4, 0.5) is 18.0 Å². The van der Waals surface area contributed by atoms with Crippen LogP contribution in [0.3, 0.4) is 0 Å². The Bertz CT molecular complexity index is 194. The molecule has 0 aliphatic rings. The molecule has 0 aromatic heterocycles. The Morgan fingerprint density at radius 1 is 1.21 bits per heavy atom. The molecular formula is C8H15F3N2O. The van der Waals surface area contributed by atoms with Crippen molar-refractivity contribution in [1.29, 1.82) is 0 Å². The zero-order valence-corrected chi connectivity index (χ0v) is 8.56. The zero-order valence-electron chi connectivity index (χ0n) is 8.56. The van der Waals surface area contributed by atoms with Crippen LogP contribution in [-0.4, -0.2) is 49.2 Å². The molecule has 3 nitrogen and oxygen atoms in total. The molecule has 0 bridgehead atoms. The molecule has 0 aliphatic carbocycles. The summed E-state index contributed by atoms with van der Waals surface area (Å²) in [5.41, 5.74) is 0. The first kappa shape index (κ1) is 13.1. The van der Waals surface area contributed by atoms with Gasteiger partial charge in [-0.2, -0.15) is 13.2 Å². The number of carbonyl (C=O) groups is 1. The number of alkyl halides is 3. The van der Waals surface area contributed by atoms with E-state index in [4.69, 9.17) is 0 Å². The molecule has 0 N–H and O–H groups in total. The highest BCUT2D eigenvalue weighted by Gasteiger charge is 2.28. The topological polar surface area (TPSA) is 23.6 Å². The Morgan fingerprint density at radius 2 is 1.71 bits per heavy atom. The van der Waals surface area contributed by atoms with E-state index in [2.05, 4.69) is 0 Å². The van der Waals surface area contributed by atoms with Crippen LogP contribution >= 0.6 is 0 Å². The highest BCUT2D eigenvalue weighted by molar-refractivity contribution is 5.73. The first-order chi connectivity index (χ1) is 6.28. The standard InChI is InChI=1S/C8H15F3N2O/c1-4-12(2)7(14)13(3)6-5-8(9,10)11/h4-6H2,1-3H3. The summed E-state index contributed by atoms with van der Waals surface area (Å²) in [5.74, 6) is 0. The fourth-order valence-corrected chi connectivity index (χ4v) is 0.817. The maximum Gasteiger partial charge on any atom is 0.390 e. The van der Waals surface area contributed by atoms with Gasteiger partial charge in [-0.05, 0) is 6.92 Å². The second kappa shape index (κ2) is 5.07. The van der Waals surface area contributed by atoms with Crippen molar-refractivity contribution in [3.05, 3.63) is 0 Å². The van der Waals surface area contributed by atoms with Gasteiger partial charge in [0.1, 0.15) is 0 Å². The number of urea groups is 1. The molecule has 0 aromatic rings. The van der Waals surface area contributed by atoms with E-state index < -0.39 is 18.6 Å². The van der Waals surface area contributed by atoms with Crippen LogP contribution in [0.15, 0.2) is 0 Å². The summed E-state index contributed by atoms with van der Waals surface area (Å²) in [6, 6.07) is -0.392. The van der Waals surface area contributed by atoms with Crippen LogP contribution in [0.2, 0.25) is 0 Å². The van der Waals surface area contributed by atoms with Crippen LogP contribution in [0, 0.1) is 0 Å². The van der Waals surface area contributed by atoms with Crippen LogP contribution in [0.1, 0.15) is 13.3 Å². The summed E-state index contributed by atoms with van der Waals surface area (Å²) in [6.07, 6.45) is -5.17. The van der Waals surface area contributed by atoms with Crippen LogP contribution in [0.25, 0.3) is 0 Å². The Hall–Kier alpha value is -0.940. The lowest BCUT2D eigenvalue weighted by Crippen LogP contribution is -2.40. The van der Waals surface area contributed by atoms with Gasteiger partial charge in [-0.15, -0.1) is 0 Å². The number of carbonyl (C=O) groups excluding carboxylic acids is 1. The van der Waals surface area contributed by atoms with Crippen LogP contribution < -0.4 is 0 Å². The summed E-state index contributed by atoms with van der Waals surface area (Å²) in [7, 11) is 2.91. The minimum absolute atomic E-state index is 0.299. The van der Waals surface area contributed by atoms with Gasteiger partial charge in [0.2, 0.25) is 0 Å². The normalized spacial score (nSPS) is 11.3. The number of hydrogen-bond acceptors (Lipinski definition) is 1. The molecule has 0 heterocycles.